The summed E-state index contributed by atoms with van der Waals surface area (Å²) in [5.41, 5.74) is 22.4. The second-order valence-electron chi connectivity index (χ2n) is 15.2. The Morgan fingerprint density at radius 3 is 1.90 bits per heavy atom. The molecule has 4 aromatic carbocycles. The molecule has 10 heteroatoms. The minimum absolute atomic E-state index is 0.0291. The first-order valence-corrected chi connectivity index (χ1v) is 17.3. The maximum Gasteiger partial charge on any atom is 0.146 e. The van der Waals surface area contributed by atoms with Crippen molar-refractivity contribution in [2.75, 3.05) is 11.5 Å². The highest BCUT2D eigenvalue weighted by Gasteiger charge is 2.28. The standard InChI is InChI=1S/C42H42N8O2/c1-41(2,3)25-15-17-26(18-16-25)49-22-33(51)35(37(49)43)40-47-30-19-14-24(20-31(30)48-40)21-42(4,5)27-10-6-9-13-32(27)50-23-34(52)36(38(50)44)39-45-28-11-7-8-12-29(28)46-39/h6-20,22-23,51-52H,21,43-44H2,1-5H3,(H,45,46)(H,47,48). The third-order valence-corrected chi connectivity index (χ3v) is 10.0. The SMILES string of the molecule is CC(C)(C)c1ccc(-n2cc(O)c(-c3nc4ccc(CC(C)(C)c5ccccc5-n5cc(O)c(-c6nc7ccccc7[nH]6)c5N)cc4[nH]3)c2N)cc1. The molecule has 0 spiro atoms. The fourth-order valence-corrected chi connectivity index (χ4v) is 7.25. The summed E-state index contributed by atoms with van der Waals surface area (Å²) in [6.07, 6.45) is 3.98. The van der Waals surface area contributed by atoms with Gasteiger partial charge in [0, 0.05) is 5.69 Å². The number of imidazole rings is 2. The molecular formula is C42H42N8O2. The molecule has 0 unspecified atom stereocenters. The highest BCUT2D eigenvalue weighted by Crippen LogP contribution is 2.41. The molecule has 0 radical (unpaired) electrons. The average Bonchev–Trinajstić information content (AvgIpc) is 3.86. The second kappa shape index (κ2) is 11.8. The number of rotatable bonds is 7. The Kier molecular flexibility index (Phi) is 7.46. The molecule has 4 aromatic heterocycles. The molecule has 0 bridgehead atoms. The van der Waals surface area contributed by atoms with Crippen molar-refractivity contribution in [2.45, 2.75) is 51.9 Å². The van der Waals surface area contributed by atoms with Crippen molar-refractivity contribution in [3.8, 4) is 45.6 Å². The lowest BCUT2D eigenvalue weighted by atomic mass is 9.78. The number of anilines is 2. The van der Waals surface area contributed by atoms with E-state index < -0.39 is 0 Å². The minimum Gasteiger partial charge on any atom is -0.505 e. The van der Waals surface area contributed by atoms with Crippen LogP contribution in [-0.2, 0) is 17.3 Å². The summed E-state index contributed by atoms with van der Waals surface area (Å²) < 4.78 is 3.62. The van der Waals surface area contributed by atoms with Crippen LogP contribution in [-0.4, -0.2) is 39.3 Å². The zero-order chi connectivity index (χ0) is 36.5. The number of nitrogens with one attached hydrogen (secondary N) is 2. The van der Waals surface area contributed by atoms with Gasteiger partial charge in [-0.1, -0.05) is 83.1 Å². The van der Waals surface area contributed by atoms with Crippen LogP contribution in [0.3, 0.4) is 0 Å². The lowest BCUT2D eigenvalue weighted by molar-refractivity contribution is 0.476. The summed E-state index contributed by atoms with van der Waals surface area (Å²) in [7, 11) is 0. The fourth-order valence-electron chi connectivity index (χ4n) is 7.25. The van der Waals surface area contributed by atoms with Gasteiger partial charge in [-0.2, -0.15) is 0 Å². The van der Waals surface area contributed by atoms with Gasteiger partial charge in [0.15, 0.2) is 0 Å². The van der Waals surface area contributed by atoms with Crippen LogP contribution in [0.25, 0.3) is 56.2 Å². The molecule has 0 saturated heterocycles. The fraction of sp³-hybridized carbons (Fsp3) is 0.190. The van der Waals surface area contributed by atoms with E-state index in [-0.39, 0.29) is 22.3 Å². The molecule has 0 saturated carbocycles. The van der Waals surface area contributed by atoms with E-state index in [1.54, 1.807) is 17.0 Å². The summed E-state index contributed by atoms with van der Waals surface area (Å²) >= 11 is 0. The monoisotopic (exact) mass is 690 g/mol. The summed E-state index contributed by atoms with van der Waals surface area (Å²) in [5, 5.41) is 22.1. The summed E-state index contributed by atoms with van der Waals surface area (Å²) in [6.45, 7) is 10.9. The van der Waals surface area contributed by atoms with Crippen LogP contribution in [0.1, 0.15) is 51.3 Å². The Morgan fingerprint density at radius 2 is 1.23 bits per heavy atom. The van der Waals surface area contributed by atoms with Crippen molar-refractivity contribution in [1.29, 1.82) is 0 Å². The Hall–Kier alpha value is -6.42. The first kappa shape index (κ1) is 32.8. The van der Waals surface area contributed by atoms with Gasteiger partial charge in [-0.05, 0) is 76.4 Å². The highest BCUT2D eigenvalue weighted by atomic mass is 16.3. The van der Waals surface area contributed by atoms with Crippen molar-refractivity contribution in [3.05, 3.63) is 120 Å². The van der Waals surface area contributed by atoms with Crippen LogP contribution >= 0.6 is 0 Å². The van der Waals surface area contributed by atoms with Gasteiger partial charge in [0.05, 0.1) is 40.1 Å². The predicted octanol–water partition coefficient (Wildman–Crippen LogP) is 8.75. The van der Waals surface area contributed by atoms with Crippen LogP contribution in [0, 0.1) is 0 Å². The lowest BCUT2D eigenvalue weighted by Crippen LogP contribution is -2.23. The maximum absolute atomic E-state index is 11.1. The molecule has 0 atom stereocenters. The van der Waals surface area contributed by atoms with Gasteiger partial charge in [-0.15, -0.1) is 0 Å². The zero-order valence-corrected chi connectivity index (χ0v) is 29.9. The number of fused-ring (bicyclic) bond motifs is 2. The second-order valence-corrected chi connectivity index (χ2v) is 15.2. The van der Waals surface area contributed by atoms with E-state index in [1.165, 1.54) is 5.56 Å². The molecule has 52 heavy (non-hydrogen) atoms. The molecule has 8 rings (SSSR count). The van der Waals surface area contributed by atoms with Gasteiger partial charge in [0.25, 0.3) is 0 Å². The number of H-pyrrole nitrogens is 2. The van der Waals surface area contributed by atoms with Crippen LogP contribution < -0.4 is 11.5 Å². The average molecular weight is 691 g/mol. The van der Waals surface area contributed by atoms with Crippen LogP contribution in [0.5, 0.6) is 11.5 Å². The molecule has 4 heterocycles. The lowest BCUT2D eigenvalue weighted by Gasteiger charge is -2.28. The number of aromatic amines is 2. The van der Waals surface area contributed by atoms with E-state index >= 15 is 0 Å². The molecule has 8 aromatic rings. The number of nitrogens with zero attached hydrogens (tertiary/aromatic N) is 4. The quantitative estimate of drug-likeness (QED) is 0.0981. The third-order valence-electron chi connectivity index (χ3n) is 10.0. The largest absolute Gasteiger partial charge is 0.505 e. The number of benzene rings is 4. The highest BCUT2D eigenvalue weighted by molar-refractivity contribution is 5.87. The topological polar surface area (TPSA) is 160 Å². The van der Waals surface area contributed by atoms with Gasteiger partial charge in [-0.25, -0.2) is 9.97 Å². The number of para-hydroxylation sites is 3. The number of aromatic hydroxyl groups is 2. The number of hydrogen-bond acceptors (Lipinski definition) is 6. The van der Waals surface area contributed by atoms with E-state index in [0.29, 0.717) is 40.8 Å². The van der Waals surface area contributed by atoms with Gasteiger partial charge in [-0.3, -0.25) is 9.13 Å². The maximum atomic E-state index is 11.1. The molecule has 10 nitrogen and oxygen atoms in total. The van der Waals surface area contributed by atoms with E-state index in [1.807, 2.05) is 65.2 Å². The summed E-state index contributed by atoms with van der Waals surface area (Å²) in [6, 6.07) is 30.2. The molecular weight excluding hydrogens is 649 g/mol. The summed E-state index contributed by atoms with van der Waals surface area (Å²) in [4.78, 5) is 16.2. The molecule has 0 aliphatic heterocycles. The van der Waals surface area contributed by atoms with Crippen LogP contribution in [0.15, 0.2) is 103 Å². The van der Waals surface area contributed by atoms with Gasteiger partial charge < -0.3 is 31.6 Å². The Balaban J connectivity index is 1.09. The first-order valence-electron chi connectivity index (χ1n) is 17.3. The first-order chi connectivity index (χ1) is 24.8. The van der Waals surface area contributed by atoms with Crippen LogP contribution in [0.2, 0.25) is 0 Å². The van der Waals surface area contributed by atoms with Gasteiger partial charge in [0.2, 0.25) is 0 Å². The normalized spacial score (nSPS) is 12.3. The van der Waals surface area contributed by atoms with Crippen molar-refractivity contribution >= 4 is 33.7 Å². The Bertz CT molecular complexity index is 2580. The van der Waals surface area contributed by atoms with Gasteiger partial charge >= 0.3 is 0 Å². The molecule has 0 amide bonds. The van der Waals surface area contributed by atoms with Crippen molar-refractivity contribution in [2.24, 2.45) is 0 Å². The Morgan fingerprint density at radius 1 is 0.654 bits per heavy atom. The zero-order valence-electron chi connectivity index (χ0n) is 29.9. The van der Waals surface area contributed by atoms with Crippen LogP contribution in [0.4, 0.5) is 11.6 Å². The number of hydrogen-bond donors (Lipinski definition) is 6. The smallest absolute Gasteiger partial charge is 0.146 e. The third kappa shape index (κ3) is 5.53. The number of aromatic nitrogens is 6. The molecule has 0 fully saturated rings. The van der Waals surface area contributed by atoms with Gasteiger partial charge in [0.1, 0.15) is 45.9 Å². The van der Waals surface area contributed by atoms with Crippen molar-refractivity contribution in [3.63, 3.8) is 0 Å². The van der Waals surface area contributed by atoms with E-state index in [0.717, 1.165) is 44.6 Å². The number of nitrogens with two attached hydrogens (primary N) is 2. The molecule has 262 valence electrons. The van der Waals surface area contributed by atoms with Crippen molar-refractivity contribution < 1.29 is 10.2 Å². The summed E-state index contributed by atoms with van der Waals surface area (Å²) in [5.74, 6) is 1.90. The van der Waals surface area contributed by atoms with Crippen molar-refractivity contribution in [1.82, 2.24) is 29.1 Å². The Labute approximate surface area is 301 Å². The van der Waals surface area contributed by atoms with E-state index in [2.05, 4.69) is 79.9 Å². The molecule has 0 aliphatic carbocycles. The molecule has 0 aliphatic rings. The van der Waals surface area contributed by atoms with E-state index in [4.69, 9.17) is 16.5 Å². The molecule has 8 N–H and O–H groups in total. The predicted molar refractivity (Wildman–Crippen MR) is 209 cm³/mol. The minimum atomic E-state index is -0.346. The van der Waals surface area contributed by atoms with E-state index in [9.17, 15) is 10.2 Å². The number of nitrogen functional groups attached to an aromatic ring is 2.